The number of ether oxygens (including phenoxy) is 2. The third-order valence-electron chi connectivity index (χ3n) is 3.10. The van der Waals surface area contributed by atoms with E-state index in [2.05, 4.69) is 4.74 Å². The molecule has 9 heteroatoms. The monoisotopic (exact) mass is 372 g/mol. The second-order valence-electron chi connectivity index (χ2n) is 4.78. The molecule has 0 bridgehead atoms. The summed E-state index contributed by atoms with van der Waals surface area (Å²) in [5.41, 5.74) is 0.294. The van der Waals surface area contributed by atoms with Crippen molar-refractivity contribution in [2.75, 3.05) is 7.11 Å². The smallest absolute Gasteiger partial charge is 0.387 e. The van der Waals surface area contributed by atoms with Crippen LogP contribution >= 0.6 is 0 Å². The number of halogens is 2. The Morgan fingerprint density at radius 2 is 1.72 bits per heavy atom. The Morgan fingerprint density at radius 3 is 2.32 bits per heavy atom. The summed E-state index contributed by atoms with van der Waals surface area (Å²) in [6, 6.07) is 8.75. The van der Waals surface area contributed by atoms with E-state index < -0.39 is 27.4 Å². The Balaban J connectivity index is 2.42. The molecule has 0 fully saturated rings. The lowest BCUT2D eigenvalue weighted by Crippen LogP contribution is -2.14. The maximum atomic E-state index is 12.4. The highest BCUT2D eigenvalue weighted by atomic mass is 32.2. The van der Waals surface area contributed by atoms with E-state index in [1.54, 1.807) is 0 Å². The van der Waals surface area contributed by atoms with Crippen molar-refractivity contribution in [1.29, 1.82) is 0 Å². The van der Waals surface area contributed by atoms with Crippen molar-refractivity contribution >= 4 is 15.9 Å². The van der Waals surface area contributed by atoms with Gasteiger partial charge in [-0.05, 0) is 37.3 Å². The number of carbonyl (C=O) groups is 1. The van der Waals surface area contributed by atoms with Crippen LogP contribution in [-0.4, -0.2) is 27.9 Å². The number of benzene rings is 2. The molecule has 0 saturated carbocycles. The molecule has 0 spiro atoms. The molecule has 0 amide bonds. The zero-order chi connectivity index (χ0) is 18.6. The van der Waals surface area contributed by atoms with Crippen molar-refractivity contribution < 1.29 is 35.6 Å². The lowest BCUT2D eigenvalue weighted by atomic mass is 10.1. The van der Waals surface area contributed by atoms with Crippen molar-refractivity contribution in [2.24, 2.45) is 0 Å². The van der Waals surface area contributed by atoms with E-state index in [1.165, 1.54) is 44.4 Å². The van der Waals surface area contributed by atoms with Crippen LogP contribution in [0.4, 0.5) is 8.78 Å². The Bertz CT molecular complexity index is 880. The van der Waals surface area contributed by atoms with Crippen molar-refractivity contribution in [3.8, 4) is 17.2 Å². The van der Waals surface area contributed by atoms with Gasteiger partial charge in [-0.1, -0.05) is 12.1 Å². The van der Waals surface area contributed by atoms with Crippen molar-refractivity contribution in [3.63, 3.8) is 0 Å². The van der Waals surface area contributed by atoms with Crippen LogP contribution in [0.3, 0.4) is 0 Å². The van der Waals surface area contributed by atoms with Crippen LogP contribution in [0, 0.1) is 0 Å². The minimum absolute atomic E-state index is 0.00327. The molecule has 6 nitrogen and oxygen atoms in total. The van der Waals surface area contributed by atoms with E-state index in [1.807, 2.05) is 0 Å². The number of ketones is 1. The summed E-state index contributed by atoms with van der Waals surface area (Å²) in [5.74, 6) is -0.983. The summed E-state index contributed by atoms with van der Waals surface area (Å²) in [7, 11) is -3.21. The first-order chi connectivity index (χ1) is 11.7. The predicted molar refractivity (Wildman–Crippen MR) is 83.9 cm³/mol. The predicted octanol–water partition coefficient (Wildman–Crippen LogP) is 3.27. The fraction of sp³-hybridized carbons (Fsp3) is 0.188. The molecule has 2 aromatic rings. The number of para-hydroxylation sites is 1. The molecular formula is C16H14F2O6S. The lowest BCUT2D eigenvalue weighted by molar-refractivity contribution is -0.0518. The minimum atomic E-state index is -4.48. The van der Waals surface area contributed by atoms with Gasteiger partial charge in [-0.3, -0.25) is 4.79 Å². The number of Topliss-reactive ketones (excluding diaryl/α,β-unsaturated/α-hetero) is 1. The first-order valence-corrected chi connectivity index (χ1v) is 8.32. The topological polar surface area (TPSA) is 78.9 Å². The molecular weight excluding hydrogens is 358 g/mol. The zero-order valence-corrected chi connectivity index (χ0v) is 14.0. The fourth-order valence-electron chi connectivity index (χ4n) is 1.97. The number of rotatable bonds is 7. The molecule has 2 rings (SSSR count). The SMILES string of the molecule is COc1cc(C(C)=O)ccc1OS(=O)(=O)c1ccccc1OC(F)F. The molecule has 0 aliphatic rings. The highest BCUT2D eigenvalue weighted by Gasteiger charge is 2.25. The molecule has 0 saturated heterocycles. The summed E-state index contributed by atoms with van der Waals surface area (Å²) in [6.07, 6.45) is 0. The first-order valence-electron chi connectivity index (χ1n) is 6.92. The largest absolute Gasteiger partial charge is 0.493 e. The number of hydrogen-bond acceptors (Lipinski definition) is 6. The molecule has 0 N–H and O–H groups in total. The summed E-state index contributed by atoms with van der Waals surface area (Å²) >= 11 is 0. The van der Waals surface area contributed by atoms with E-state index in [4.69, 9.17) is 8.92 Å². The van der Waals surface area contributed by atoms with Crippen LogP contribution in [0.1, 0.15) is 17.3 Å². The number of methoxy groups -OCH3 is 1. The lowest BCUT2D eigenvalue weighted by Gasteiger charge is -2.14. The van der Waals surface area contributed by atoms with Gasteiger partial charge in [-0.15, -0.1) is 0 Å². The van der Waals surface area contributed by atoms with Crippen molar-refractivity contribution in [2.45, 2.75) is 18.4 Å². The Morgan fingerprint density at radius 1 is 1.04 bits per heavy atom. The molecule has 2 aromatic carbocycles. The van der Waals surface area contributed by atoms with Crippen LogP contribution < -0.4 is 13.7 Å². The van der Waals surface area contributed by atoms with Crippen LogP contribution in [0.5, 0.6) is 17.2 Å². The molecule has 134 valence electrons. The molecule has 0 unspecified atom stereocenters. The third-order valence-corrected chi connectivity index (χ3v) is 4.38. The van der Waals surface area contributed by atoms with E-state index in [-0.39, 0.29) is 17.3 Å². The van der Waals surface area contributed by atoms with Crippen LogP contribution in [0.25, 0.3) is 0 Å². The molecule has 0 aliphatic carbocycles. The average molecular weight is 372 g/mol. The van der Waals surface area contributed by atoms with Gasteiger partial charge in [0.05, 0.1) is 7.11 Å². The minimum Gasteiger partial charge on any atom is -0.493 e. The molecule has 0 aliphatic heterocycles. The maximum Gasteiger partial charge on any atom is 0.387 e. The average Bonchev–Trinajstić information content (AvgIpc) is 2.54. The normalized spacial score (nSPS) is 11.2. The highest BCUT2D eigenvalue weighted by Crippen LogP contribution is 2.33. The van der Waals surface area contributed by atoms with E-state index >= 15 is 0 Å². The molecule has 25 heavy (non-hydrogen) atoms. The number of hydrogen-bond donors (Lipinski definition) is 0. The van der Waals surface area contributed by atoms with E-state index in [0.717, 1.165) is 12.1 Å². The van der Waals surface area contributed by atoms with Crippen LogP contribution in [0.15, 0.2) is 47.4 Å². The van der Waals surface area contributed by atoms with E-state index in [9.17, 15) is 22.0 Å². The number of alkyl halides is 2. The van der Waals surface area contributed by atoms with Crippen molar-refractivity contribution in [1.82, 2.24) is 0 Å². The molecule has 0 atom stereocenters. The van der Waals surface area contributed by atoms with Crippen LogP contribution in [-0.2, 0) is 10.1 Å². The van der Waals surface area contributed by atoms with Crippen LogP contribution in [0.2, 0.25) is 0 Å². The Hall–Kier alpha value is -2.68. The van der Waals surface area contributed by atoms with Crippen molar-refractivity contribution in [3.05, 3.63) is 48.0 Å². The zero-order valence-electron chi connectivity index (χ0n) is 13.2. The summed E-state index contributed by atoms with van der Waals surface area (Å²) < 4.78 is 63.9. The van der Waals surface area contributed by atoms with Gasteiger partial charge in [-0.2, -0.15) is 17.2 Å². The second-order valence-corrected chi connectivity index (χ2v) is 6.30. The summed E-state index contributed by atoms with van der Waals surface area (Å²) in [5, 5.41) is 0. The van der Waals surface area contributed by atoms with Gasteiger partial charge in [-0.25, -0.2) is 0 Å². The van der Waals surface area contributed by atoms with Gasteiger partial charge in [0.1, 0.15) is 10.6 Å². The quantitative estimate of drug-likeness (QED) is 0.548. The van der Waals surface area contributed by atoms with Gasteiger partial charge in [0.15, 0.2) is 17.3 Å². The van der Waals surface area contributed by atoms with Gasteiger partial charge < -0.3 is 13.7 Å². The molecule has 0 heterocycles. The summed E-state index contributed by atoms with van der Waals surface area (Å²) in [6.45, 7) is -1.86. The van der Waals surface area contributed by atoms with Gasteiger partial charge in [0, 0.05) is 5.56 Å². The fourth-order valence-corrected chi connectivity index (χ4v) is 3.04. The van der Waals surface area contributed by atoms with Gasteiger partial charge in [0.25, 0.3) is 0 Å². The first kappa shape index (κ1) is 18.7. The second kappa shape index (κ2) is 7.47. The molecule has 0 radical (unpaired) electrons. The van der Waals surface area contributed by atoms with Gasteiger partial charge in [0.2, 0.25) is 0 Å². The summed E-state index contributed by atoms with van der Waals surface area (Å²) in [4.78, 5) is 10.8. The highest BCUT2D eigenvalue weighted by molar-refractivity contribution is 7.87. The Labute approximate surface area is 143 Å². The molecule has 0 aromatic heterocycles. The van der Waals surface area contributed by atoms with E-state index in [0.29, 0.717) is 5.56 Å². The van der Waals surface area contributed by atoms with Gasteiger partial charge >= 0.3 is 16.7 Å². The standard InChI is InChI=1S/C16H14F2O6S/c1-10(19)11-7-8-12(14(9-11)22-2)24-25(20,21)15-6-4-3-5-13(15)23-16(17)18/h3-9,16H,1-2H3. The maximum absolute atomic E-state index is 12.4. The Kier molecular flexibility index (Phi) is 5.58. The third kappa shape index (κ3) is 4.44. The number of carbonyl (C=O) groups excluding carboxylic acids is 1.